The number of carbonyl (C=O) groups is 1. The molecule has 17 heteroatoms. The Kier molecular flexibility index (Phi) is 5.33. The second-order valence-corrected chi connectivity index (χ2v) is 11.0. The van der Waals surface area contributed by atoms with E-state index in [4.69, 9.17) is 23.2 Å². The number of nitriles is 1. The Morgan fingerprint density at radius 3 is 2.31 bits per heavy atom. The average molecular weight is 558 g/mol. The van der Waals surface area contributed by atoms with Crippen molar-refractivity contribution in [3.8, 4) is 11.8 Å². The number of carboxylic acid groups (broad SMARTS) is 1. The van der Waals surface area contributed by atoms with E-state index < -0.39 is 42.2 Å². The summed E-state index contributed by atoms with van der Waals surface area (Å²) in [5.74, 6) is -1.31. The molecular weight excluding hydrogens is 544 g/mol. The van der Waals surface area contributed by atoms with Gasteiger partial charge in [-0.1, -0.05) is 42.6 Å². The molecular formula is C18H14Cl2F5N7O2S. The Morgan fingerprint density at radius 2 is 1.86 bits per heavy atom. The van der Waals surface area contributed by atoms with Gasteiger partial charge in [0.25, 0.3) is 0 Å². The van der Waals surface area contributed by atoms with Crippen LogP contribution in [0.2, 0.25) is 10.0 Å². The first-order valence-corrected chi connectivity index (χ1v) is 12.3. The minimum absolute atomic E-state index is 0.0149. The van der Waals surface area contributed by atoms with Gasteiger partial charge in [-0.15, -0.1) is 0 Å². The maximum Gasteiger partial charge on any atom is 0.314 e. The lowest BCUT2D eigenvalue weighted by Gasteiger charge is -2.40. The van der Waals surface area contributed by atoms with Gasteiger partial charge in [-0.3, -0.25) is 9.48 Å². The minimum Gasteiger partial charge on any atom is -0.481 e. The fourth-order valence-corrected chi connectivity index (χ4v) is 5.03. The molecule has 9 nitrogen and oxygen atoms in total. The highest BCUT2D eigenvalue weighted by Gasteiger charge is 2.65. The average Bonchev–Trinajstić information content (AvgIpc) is 3.21. The molecule has 1 aliphatic carbocycles. The highest BCUT2D eigenvalue weighted by atomic mass is 35.5. The molecule has 0 unspecified atom stereocenters. The van der Waals surface area contributed by atoms with E-state index in [1.165, 1.54) is 17.3 Å². The maximum atomic E-state index is 13.3. The molecule has 0 amide bonds. The molecule has 2 N–H and O–H groups in total. The predicted molar refractivity (Wildman–Crippen MR) is 117 cm³/mol. The molecule has 0 saturated heterocycles. The van der Waals surface area contributed by atoms with Gasteiger partial charge in [0.05, 0.1) is 27.6 Å². The van der Waals surface area contributed by atoms with Gasteiger partial charge in [-0.2, -0.15) is 15.5 Å². The minimum atomic E-state index is -10.1. The number of aliphatic carboxylic acids is 1. The van der Waals surface area contributed by atoms with Crippen molar-refractivity contribution in [3.63, 3.8) is 0 Å². The molecule has 1 fully saturated rings. The molecule has 4 rings (SSSR count). The fourth-order valence-electron chi connectivity index (χ4n) is 3.57. The molecule has 0 atom stereocenters. The van der Waals surface area contributed by atoms with Crippen molar-refractivity contribution in [1.29, 1.82) is 5.26 Å². The molecule has 0 aliphatic heterocycles. The predicted octanol–water partition coefficient (Wildman–Crippen LogP) is 5.53. The lowest BCUT2D eigenvalue weighted by atomic mass is 9.95. The van der Waals surface area contributed by atoms with E-state index in [0.29, 0.717) is 0 Å². The molecule has 1 aliphatic rings. The van der Waals surface area contributed by atoms with E-state index in [0.717, 1.165) is 4.68 Å². The van der Waals surface area contributed by atoms with Crippen LogP contribution in [0.1, 0.15) is 24.1 Å². The molecule has 3 aromatic rings. The zero-order valence-electron chi connectivity index (χ0n) is 17.2. The third-order valence-electron chi connectivity index (χ3n) is 5.38. The summed E-state index contributed by atoms with van der Waals surface area (Å²) in [4.78, 5) is 13.5. The molecule has 0 radical (unpaired) electrons. The number of benzene rings is 1. The quantitative estimate of drug-likeness (QED) is 0.349. The zero-order chi connectivity index (χ0) is 25.9. The van der Waals surface area contributed by atoms with Crippen LogP contribution in [-0.4, -0.2) is 42.2 Å². The summed E-state index contributed by atoms with van der Waals surface area (Å²) in [5.41, 5.74) is -2.26. The standard InChI is InChI=1S/C18H14Cl2F5N7O2S/c19-11-5-10(35(21,22,23,24)25)6-12(20)15(11)32-16(28-3-4-31-9-27-8-29-31)14(13(7-26)30-32)18(1-2-18)17(33)34/h5-6,8-9,28H,1-4H2,(H,33,34). The van der Waals surface area contributed by atoms with E-state index in [-0.39, 0.29) is 55.1 Å². The van der Waals surface area contributed by atoms with Gasteiger partial charge in [0.15, 0.2) is 5.69 Å². The molecule has 2 heterocycles. The fraction of sp³-hybridized carbons (Fsp3) is 0.278. The van der Waals surface area contributed by atoms with E-state index in [1.807, 2.05) is 0 Å². The number of nitrogens with zero attached hydrogens (tertiary/aromatic N) is 6. The summed E-state index contributed by atoms with van der Waals surface area (Å²) >= 11 is 11.9. The molecule has 188 valence electrons. The Balaban J connectivity index is 1.89. The third-order valence-corrected chi connectivity index (χ3v) is 7.08. The Labute approximate surface area is 203 Å². The third kappa shape index (κ3) is 4.60. The van der Waals surface area contributed by atoms with E-state index in [1.54, 1.807) is 6.07 Å². The van der Waals surface area contributed by atoms with Crippen LogP contribution in [0, 0.1) is 11.3 Å². The summed E-state index contributed by atoms with van der Waals surface area (Å²) in [6, 6.07) is 1.80. The molecule has 35 heavy (non-hydrogen) atoms. The van der Waals surface area contributed by atoms with Gasteiger partial charge in [0.1, 0.15) is 35.1 Å². The van der Waals surface area contributed by atoms with Crippen LogP contribution < -0.4 is 5.32 Å². The van der Waals surface area contributed by atoms with Crippen LogP contribution in [0.3, 0.4) is 0 Å². The summed E-state index contributed by atoms with van der Waals surface area (Å²) in [6.07, 6.45) is 3.04. The van der Waals surface area contributed by atoms with Gasteiger partial charge in [-0.05, 0) is 25.0 Å². The Morgan fingerprint density at radius 1 is 1.23 bits per heavy atom. The Bertz CT molecular complexity index is 1360. The van der Waals surface area contributed by atoms with Crippen molar-refractivity contribution in [2.75, 3.05) is 11.9 Å². The number of aromatic nitrogens is 5. The van der Waals surface area contributed by atoms with Crippen LogP contribution >= 0.6 is 33.4 Å². The number of rotatable bonds is 8. The number of nitrogens with one attached hydrogen (secondary N) is 1. The largest absolute Gasteiger partial charge is 0.481 e. The molecule has 1 saturated carbocycles. The van der Waals surface area contributed by atoms with Gasteiger partial charge >= 0.3 is 16.2 Å². The topological polar surface area (TPSA) is 122 Å². The van der Waals surface area contributed by atoms with Crippen LogP contribution in [-0.2, 0) is 16.8 Å². The zero-order valence-corrected chi connectivity index (χ0v) is 19.6. The lowest BCUT2D eigenvalue weighted by Crippen LogP contribution is -2.23. The van der Waals surface area contributed by atoms with Crippen molar-refractivity contribution in [2.24, 2.45) is 0 Å². The summed E-state index contributed by atoms with van der Waals surface area (Å²) in [6.45, 7) is 0.304. The van der Waals surface area contributed by atoms with E-state index >= 15 is 0 Å². The molecule has 2 aromatic heterocycles. The van der Waals surface area contributed by atoms with Crippen LogP contribution in [0.15, 0.2) is 29.7 Å². The van der Waals surface area contributed by atoms with Crippen molar-refractivity contribution >= 4 is 45.2 Å². The second kappa shape index (κ2) is 7.45. The maximum absolute atomic E-state index is 13.3. The van der Waals surface area contributed by atoms with E-state index in [9.17, 15) is 34.6 Å². The smallest absolute Gasteiger partial charge is 0.314 e. The molecule has 0 bridgehead atoms. The van der Waals surface area contributed by atoms with Crippen molar-refractivity contribution in [1.82, 2.24) is 24.5 Å². The number of halogens is 7. The normalized spacial score (nSPS) is 16.7. The second-order valence-electron chi connectivity index (χ2n) is 7.77. The lowest BCUT2D eigenvalue weighted by molar-refractivity contribution is -0.140. The number of hydrogen-bond donors (Lipinski definition) is 2. The van der Waals surface area contributed by atoms with Crippen molar-refractivity contribution < 1.29 is 29.3 Å². The first-order valence-electron chi connectivity index (χ1n) is 9.64. The molecule has 1 aromatic carbocycles. The van der Waals surface area contributed by atoms with Crippen molar-refractivity contribution in [2.45, 2.75) is 29.7 Å². The number of carboxylic acids is 1. The monoisotopic (exact) mass is 557 g/mol. The van der Waals surface area contributed by atoms with Crippen LogP contribution in [0.5, 0.6) is 0 Å². The first kappa shape index (κ1) is 25.0. The summed E-state index contributed by atoms with van der Waals surface area (Å²) < 4.78 is 68.9. The highest BCUT2D eigenvalue weighted by molar-refractivity contribution is 8.45. The highest BCUT2D eigenvalue weighted by Crippen LogP contribution is 3.02. The number of anilines is 1. The van der Waals surface area contributed by atoms with E-state index in [2.05, 4.69) is 20.5 Å². The van der Waals surface area contributed by atoms with Gasteiger partial charge in [0.2, 0.25) is 0 Å². The van der Waals surface area contributed by atoms with Crippen molar-refractivity contribution in [3.05, 3.63) is 46.1 Å². The first-order chi connectivity index (χ1) is 16.1. The van der Waals surface area contributed by atoms with Crippen LogP contribution in [0.25, 0.3) is 5.69 Å². The van der Waals surface area contributed by atoms with Gasteiger partial charge < -0.3 is 10.4 Å². The van der Waals surface area contributed by atoms with Gasteiger partial charge in [0, 0.05) is 6.54 Å². The van der Waals surface area contributed by atoms with Gasteiger partial charge in [-0.25, -0.2) is 9.67 Å². The van der Waals surface area contributed by atoms with Crippen LogP contribution in [0.4, 0.5) is 25.2 Å². The SMILES string of the molecule is N#Cc1nn(-c2c(Cl)cc(S(F)(F)(F)(F)F)cc2Cl)c(NCCn2cncn2)c1C1(C(=O)O)CC1. The number of hydrogen-bond acceptors (Lipinski definition) is 6. The summed E-state index contributed by atoms with van der Waals surface area (Å²) in [7, 11) is -10.1. The Hall–Kier alpha value is -3.09. The molecule has 0 spiro atoms. The summed E-state index contributed by atoms with van der Waals surface area (Å²) in [5, 5.41) is 28.6.